The molecule has 0 radical (unpaired) electrons. The summed E-state index contributed by atoms with van der Waals surface area (Å²) in [7, 11) is 0. The first-order valence-corrected chi connectivity index (χ1v) is 4.82. The zero-order valence-electron chi connectivity index (χ0n) is 6.69. The molecule has 0 saturated heterocycles. The molecule has 0 saturated carbocycles. The summed E-state index contributed by atoms with van der Waals surface area (Å²) in [6.45, 7) is 0. The first kappa shape index (κ1) is 7.49. The highest BCUT2D eigenvalue weighted by Crippen LogP contribution is 2.18. The van der Waals surface area contributed by atoms with Crippen molar-refractivity contribution < 1.29 is 0 Å². The summed E-state index contributed by atoms with van der Waals surface area (Å²) < 4.78 is 1.61. The van der Waals surface area contributed by atoms with E-state index in [1.807, 2.05) is 30.5 Å². The van der Waals surface area contributed by atoms with Crippen LogP contribution in [0.4, 0.5) is 0 Å². The average molecular weight is 179 g/mol. The van der Waals surface area contributed by atoms with Crippen molar-refractivity contribution in [2.75, 3.05) is 12.1 Å². The first-order valence-electron chi connectivity index (χ1n) is 3.59. The minimum Gasteiger partial charge on any atom is -0.337 e. The summed E-state index contributed by atoms with van der Waals surface area (Å²) in [5.41, 5.74) is 1.92. The van der Waals surface area contributed by atoms with Crippen molar-refractivity contribution in [1.29, 1.82) is 0 Å². The number of rotatable bonds is 1. The first-order chi connectivity index (χ1) is 5.83. The number of hydrogen-bond acceptors (Lipinski definition) is 3. The fourth-order valence-electron chi connectivity index (χ4n) is 1.17. The predicted molar refractivity (Wildman–Crippen MR) is 51.7 cm³/mol. The Morgan fingerprint density at radius 2 is 2.17 bits per heavy atom. The van der Waals surface area contributed by atoms with Crippen molar-refractivity contribution in [3.05, 3.63) is 24.3 Å². The van der Waals surface area contributed by atoms with Gasteiger partial charge in [-0.05, 0) is 18.4 Å². The molecule has 0 aliphatic carbocycles. The molecule has 2 aromatic rings. The molecule has 0 unspecified atom stereocenters. The van der Waals surface area contributed by atoms with E-state index >= 15 is 0 Å². The van der Waals surface area contributed by atoms with Crippen LogP contribution in [-0.2, 0) is 0 Å². The van der Waals surface area contributed by atoms with E-state index in [1.165, 1.54) is 0 Å². The number of aromatic nitrogens is 2. The zero-order chi connectivity index (χ0) is 8.55. The maximum absolute atomic E-state index is 5.78. The Bertz CT molecular complexity index is 408. The van der Waals surface area contributed by atoms with Crippen LogP contribution >= 0.6 is 11.8 Å². The Hall–Kier alpha value is -1.16. The van der Waals surface area contributed by atoms with Gasteiger partial charge in [0, 0.05) is 0 Å². The molecule has 0 spiro atoms. The molecule has 0 aliphatic heterocycles. The van der Waals surface area contributed by atoms with E-state index in [0.717, 1.165) is 16.2 Å². The molecule has 0 aliphatic rings. The topological polar surface area (TPSA) is 43.8 Å². The molecule has 0 fully saturated rings. The number of nitrogen functional groups attached to an aromatic ring is 1. The van der Waals surface area contributed by atoms with Gasteiger partial charge in [0.05, 0.1) is 11.0 Å². The standard InChI is InChI=1S/C8H9N3S/c1-12-8-10-6-4-2-3-5-7(6)11(8)9/h2-5H,9H2,1H3. The normalized spacial score (nSPS) is 10.8. The lowest BCUT2D eigenvalue weighted by atomic mass is 10.3. The molecule has 2 N–H and O–H groups in total. The largest absolute Gasteiger partial charge is 0.337 e. The second kappa shape index (κ2) is 2.71. The van der Waals surface area contributed by atoms with Gasteiger partial charge in [0.1, 0.15) is 0 Å². The number of benzene rings is 1. The highest BCUT2D eigenvalue weighted by atomic mass is 32.2. The van der Waals surface area contributed by atoms with Crippen LogP contribution in [0.5, 0.6) is 0 Å². The van der Waals surface area contributed by atoms with Crippen LogP contribution in [-0.4, -0.2) is 15.9 Å². The van der Waals surface area contributed by atoms with Crippen molar-refractivity contribution in [1.82, 2.24) is 9.66 Å². The van der Waals surface area contributed by atoms with E-state index in [2.05, 4.69) is 4.98 Å². The molecule has 62 valence electrons. The van der Waals surface area contributed by atoms with Gasteiger partial charge in [0.2, 0.25) is 0 Å². The van der Waals surface area contributed by atoms with Crippen molar-refractivity contribution in [3.63, 3.8) is 0 Å². The smallest absolute Gasteiger partial charge is 0.187 e. The number of nitrogens with two attached hydrogens (primary N) is 1. The molecule has 4 heteroatoms. The van der Waals surface area contributed by atoms with Crippen molar-refractivity contribution in [2.45, 2.75) is 5.16 Å². The number of fused-ring (bicyclic) bond motifs is 1. The molecule has 0 amide bonds. The second-order valence-corrected chi connectivity index (χ2v) is 3.23. The van der Waals surface area contributed by atoms with Crippen LogP contribution in [0, 0.1) is 0 Å². The number of imidazole rings is 1. The van der Waals surface area contributed by atoms with Gasteiger partial charge in [-0.25, -0.2) is 9.66 Å². The third kappa shape index (κ3) is 0.956. The van der Waals surface area contributed by atoms with Crippen LogP contribution < -0.4 is 5.84 Å². The molecule has 1 heterocycles. The number of hydrogen-bond donors (Lipinski definition) is 1. The van der Waals surface area contributed by atoms with Crippen molar-refractivity contribution >= 4 is 22.8 Å². The Kier molecular flexibility index (Phi) is 1.69. The van der Waals surface area contributed by atoms with E-state index in [9.17, 15) is 0 Å². The fraction of sp³-hybridized carbons (Fsp3) is 0.125. The molecule has 0 atom stereocenters. The van der Waals surface area contributed by atoms with Gasteiger partial charge in [-0.1, -0.05) is 23.9 Å². The van der Waals surface area contributed by atoms with E-state index < -0.39 is 0 Å². The highest BCUT2D eigenvalue weighted by Gasteiger charge is 2.04. The third-order valence-corrected chi connectivity index (χ3v) is 2.40. The minimum atomic E-state index is 0.844. The summed E-state index contributed by atoms with van der Waals surface area (Å²) in [6.07, 6.45) is 1.96. The van der Waals surface area contributed by atoms with Gasteiger partial charge in [0.15, 0.2) is 5.16 Å². The SMILES string of the molecule is CSc1nc2ccccc2n1N. The maximum Gasteiger partial charge on any atom is 0.187 e. The maximum atomic E-state index is 5.78. The van der Waals surface area contributed by atoms with Gasteiger partial charge >= 0.3 is 0 Å². The van der Waals surface area contributed by atoms with E-state index in [0.29, 0.717) is 0 Å². The van der Waals surface area contributed by atoms with Crippen molar-refractivity contribution in [2.24, 2.45) is 0 Å². The van der Waals surface area contributed by atoms with Crippen molar-refractivity contribution in [3.8, 4) is 0 Å². The molecule has 1 aromatic heterocycles. The third-order valence-electron chi connectivity index (χ3n) is 1.75. The van der Waals surface area contributed by atoms with Crippen LogP contribution in [0.25, 0.3) is 11.0 Å². The summed E-state index contributed by atoms with van der Waals surface area (Å²) >= 11 is 1.55. The number of nitrogens with zero attached hydrogens (tertiary/aromatic N) is 2. The quantitative estimate of drug-likeness (QED) is 0.532. The van der Waals surface area contributed by atoms with Crippen LogP contribution in [0.15, 0.2) is 29.4 Å². The Morgan fingerprint density at radius 1 is 1.42 bits per heavy atom. The van der Waals surface area contributed by atoms with Gasteiger partial charge in [-0.3, -0.25) is 0 Å². The lowest BCUT2D eigenvalue weighted by Gasteiger charge is -1.96. The molecule has 1 aromatic carbocycles. The summed E-state index contributed by atoms with van der Waals surface area (Å²) in [4.78, 5) is 4.33. The van der Waals surface area contributed by atoms with E-state index in [-0.39, 0.29) is 0 Å². The van der Waals surface area contributed by atoms with Gasteiger partial charge in [-0.15, -0.1) is 0 Å². The minimum absolute atomic E-state index is 0.844. The van der Waals surface area contributed by atoms with E-state index in [1.54, 1.807) is 16.4 Å². The molecule has 2 rings (SSSR count). The summed E-state index contributed by atoms with van der Waals surface area (Å²) in [6, 6.07) is 7.83. The number of para-hydroxylation sites is 2. The van der Waals surface area contributed by atoms with Gasteiger partial charge in [-0.2, -0.15) is 0 Å². The van der Waals surface area contributed by atoms with Crippen LogP contribution in [0.2, 0.25) is 0 Å². The van der Waals surface area contributed by atoms with Crippen LogP contribution in [0.1, 0.15) is 0 Å². The molecule has 0 bridgehead atoms. The molecule has 3 nitrogen and oxygen atoms in total. The lowest BCUT2D eigenvalue weighted by Crippen LogP contribution is -2.08. The van der Waals surface area contributed by atoms with Gasteiger partial charge < -0.3 is 5.84 Å². The van der Waals surface area contributed by atoms with Gasteiger partial charge in [0.25, 0.3) is 0 Å². The van der Waals surface area contributed by atoms with Crippen LogP contribution in [0.3, 0.4) is 0 Å². The lowest BCUT2D eigenvalue weighted by molar-refractivity contribution is 0.879. The number of thioether (sulfide) groups is 1. The fourth-order valence-corrected chi connectivity index (χ4v) is 1.65. The highest BCUT2D eigenvalue weighted by molar-refractivity contribution is 7.98. The Labute approximate surface area is 74.5 Å². The predicted octanol–water partition coefficient (Wildman–Crippen LogP) is 1.47. The molecular formula is C8H9N3S. The summed E-state index contributed by atoms with van der Waals surface area (Å²) in [5.74, 6) is 5.78. The molecule has 12 heavy (non-hydrogen) atoms. The Morgan fingerprint density at radius 3 is 2.83 bits per heavy atom. The second-order valence-electron chi connectivity index (χ2n) is 2.46. The monoisotopic (exact) mass is 179 g/mol. The zero-order valence-corrected chi connectivity index (χ0v) is 7.51. The summed E-state index contributed by atoms with van der Waals surface area (Å²) in [5, 5.41) is 0.844. The van der Waals surface area contributed by atoms with E-state index in [4.69, 9.17) is 5.84 Å². The Balaban J connectivity index is 2.78. The average Bonchev–Trinajstić information content (AvgIpc) is 2.44. The molecular weight excluding hydrogens is 170 g/mol.